The number of carboxylic acid groups (broad SMARTS) is 1. The predicted octanol–water partition coefficient (Wildman–Crippen LogP) is 6.93. The van der Waals surface area contributed by atoms with E-state index in [4.69, 9.17) is 14.2 Å². The maximum Gasteiger partial charge on any atom is 0.336 e. The van der Waals surface area contributed by atoms with Gasteiger partial charge in [0, 0.05) is 24.4 Å². The fourth-order valence-corrected chi connectivity index (χ4v) is 4.71. The number of hydrogen-bond acceptors (Lipinski definition) is 4. The van der Waals surface area contributed by atoms with E-state index in [0.717, 1.165) is 39.6 Å². The van der Waals surface area contributed by atoms with Gasteiger partial charge in [-0.15, -0.1) is 0 Å². The monoisotopic (exact) mass is 527 g/mol. The van der Waals surface area contributed by atoms with Gasteiger partial charge in [-0.05, 0) is 85.5 Å². The summed E-state index contributed by atoms with van der Waals surface area (Å²) < 4.78 is 19.9. The van der Waals surface area contributed by atoms with Crippen LogP contribution in [0.5, 0.6) is 11.5 Å². The van der Waals surface area contributed by atoms with Crippen LogP contribution in [-0.2, 0) is 29.1 Å². The van der Waals surface area contributed by atoms with Crippen molar-refractivity contribution in [2.45, 2.75) is 52.4 Å². The molecule has 204 valence electrons. The van der Waals surface area contributed by atoms with Crippen LogP contribution in [0.2, 0.25) is 0 Å². The lowest BCUT2D eigenvalue weighted by Gasteiger charge is -2.28. The lowest BCUT2D eigenvalue weighted by atomic mass is 9.91. The standard InChI is InChI=1S/C33H37NO5/c1-4-33(32(35)36,39-5-2)23-26-12-16-29(17-13-26)37-22-21-34-25(3)11-20-31(34)28-14-18-30(19-15-28)38-24-27-9-7-6-8-10-27/h6-20H,4-5,21-24H2,1-3H3,(H,35,36). The number of ether oxygens (including phenoxy) is 3. The van der Waals surface area contributed by atoms with Gasteiger partial charge in [0.15, 0.2) is 5.60 Å². The third-order valence-corrected chi connectivity index (χ3v) is 6.98. The minimum absolute atomic E-state index is 0.314. The van der Waals surface area contributed by atoms with E-state index in [2.05, 4.69) is 47.9 Å². The Morgan fingerprint density at radius 3 is 2.13 bits per heavy atom. The van der Waals surface area contributed by atoms with Crippen molar-refractivity contribution >= 4 is 5.97 Å². The molecule has 0 radical (unpaired) electrons. The summed E-state index contributed by atoms with van der Waals surface area (Å²) in [6.07, 6.45) is 0.714. The largest absolute Gasteiger partial charge is 0.492 e. The minimum Gasteiger partial charge on any atom is -0.492 e. The van der Waals surface area contributed by atoms with Gasteiger partial charge in [0.25, 0.3) is 0 Å². The van der Waals surface area contributed by atoms with Crippen molar-refractivity contribution < 1.29 is 24.1 Å². The molecule has 0 aliphatic rings. The fraction of sp³-hybridized carbons (Fsp3) is 0.303. The Kier molecular flexibility index (Phi) is 9.45. The molecule has 3 aromatic carbocycles. The molecule has 1 heterocycles. The van der Waals surface area contributed by atoms with Crippen molar-refractivity contribution in [3.05, 3.63) is 108 Å². The van der Waals surface area contributed by atoms with Gasteiger partial charge in [-0.2, -0.15) is 0 Å². The van der Waals surface area contributed by atoms with E-state index in [-0.39, 0.29) is 0 Å². The molecule has 6 nitrogen and oxygen atoms in total. The average molecular weight is 528 g/mol. The quantitative estimate of drug-likeness (QED) is 0.192. The van der Waals surface area contributed by atoms with E-state index in [9.17, 15) is 9.90 Å². The molecule has 0 aliphatic carbocycles. The summed E-state index contributed by atoms with van der Waals surface area (Å²) in [6.45, 7) is 7.85. The van der Waals surface area contributed by atoms with Crippen molar-refractivity contribution in [2.24, 2.45) is 0 Å². The molecule has 4 rings (SSSR count). The lowest BCUT2D eigenvalue weighted by Crippen LogP contribution is -2.43. The molecule has 1 N–H and O–H groups in total. The summed E-state index contributed by atoms with van der Waals surface area (Å²) in [7, 11) is 0. The molecule has 0 bridgehead atoms. The first-order valence-corrected chi connectivity index (χ1v) is 13.5. The topological polar surface area (TPSA) is 69.9 Å². The molecule has 0 amide bonds. The zero-order valence-electron chi connectivity index (χ0n) is 22.9. The third-order valence-electron chi connectivity index (χ3n) is 6.98. The maximum atomic E-state index is 11.9. The molecule has 0 saturated carbocycles. The SMILES string of the molecule is CCOC(CC)(Cc1ccc(OCCn2c(C)ccc2-c2ccc(OCc3ccccc3)cc2)cc1)C(=O)O. The molecule has 4 aromatic rings. The molecule has 1 atom stereocenters. The van der Waals surface area contributed by atoms with Gasteiger partial charge in [-0.3, -0.25) is 0 Å². The van der Waals surface area contributed by atoms with Gasteiger partial charge >= 0.3 is 5.97 Å². The van der Waals surface area contributed by atoms with E-state index >= 15 is 0 Å². The average Bonchev–Trinajstić information content (AvgIpc) is 3.33. The Balaban J connectivity index is 1.34. The Labute approximate surface area is 230 Å². The molecule has 1 unspecified atom stereocenters. The summed E-state index contributed by atoms with van der Waals surface area (Å²) in [4.78, 5) is 11.9. The van der Waals surface area contributed by atoms with Gasteiger partial charge < -0.3 is 23.9 Å². The second-order valence-corrected chi connectivity index (χ2v) is 9.57. The van der Waals surface area contributed by atoms with Gasteiger partial charge in [0.05, 0.1) is 6.54 Å². The normalized spacial score (nSPS) is 12.6. The van der Waals surface area contributed by atoms with Crippen LogP contribution in [-0.4, -0.2) is 34.5 Å². The predicted molar refractivity (Wildman–Crippen MR) is 153 cm³/mol. The van der Waals surface area contributed by atoms with Crippen LogP contribution in [0, 0.1) is 6.92 Å². The Morgan fingerprint density at radius 1 is 0.821 bits per heavy atom. The van der Waals surface area contributed by atoms with E-state index < -0.39 is 11.6 Å². The Bertz CT molecular complexity index is 1330. The number of nitrogens with zero attached hydrogens (tertiary/aromatic N) is 1. The zero-order valence-corrected chi connectivity index (χ0v) is 22.9. The number of carbonyl (C=O) groups is 1. The fourth-order valence-electron chi connectivity index (χ4n) is 4.71. The molecule has 0 fully saturated rings. The van der Waals surface area contributed by atoms with Gasteiger partial charge in [-0.25, -0.2) is 4.79 Å². The van der Waals surface area contributed by atoms with Crippen molar-refractivity contribution in [3.63, 3.8) is 0 Å². The highest BCUT2D eigenvalue weighted by molar-refractivity contribution is 5.78. The summed E-state index contributed by atoms with van der Waals surface area (Å²) in [5.41, 5.74) is 4.24. The van der Waals surface area contributed by atoms with Gasteiger partial charge in [-0.1, -0.05) is 49.4 Å². The highest BCUT2D eigenvalue weighted by atomic mass is 16.5. The molecule has 6 heteroatoms. The van der Waals surface area contributed by atoms with Crippen molar-refractivity contribution in [2.75, 3.05) is 13.2 Å². The summed E-state index contributed by atoms with van der Waals surface area (Å²) >= 11 is 0. The number of hydrogen-bond donors (Lipinski definition) is 1. The number of rotatable bonds is 14. The molecular weight excluding hydrogens is 490 g/mol. The van der Waals surface area contributed by atoms with Crippen molar-refractivity contribution in [1.29, 1.82) is 0 Å². The Morgan fingerprint density at radius 2 is 1.49 bits per heavy atom. The van der Waals surface area contributed by atoms with Crippen LogP contribution in [0.15, 0.2) is 91.0 Å². The van der Waals surface area contributed by atoms with Crippen LogP contribution >= 0.6 is 0 Å². The maximum absolute atomic E-state index is 11.9. The number of aliphatic carboxylic acids is 1. The van der Waals surface area contributed by atoms with Crippen LogP contribution in [0.1, 0.15) is 37.1 Å². The van der Waals surface area contributed by atoms with E-state index in [0.29, 0.717) is 39.2 Å². The van der Waals surface area contributed by atoms with Gasteiger partial charge in [0.2, 0.25) is 0 Å². The second-order valence-electron chi connectivity index (χ2n) is 9.57. The van der Waals surface area contributed by atoms with Crippen LogP contribution in [0.4, 0.5) is 0 Å². The first kappa shape index (κ1) is 28.0. The van der Waals surface area contributed by atoms with E-state index in [1.54, 1.807) is 0 Å². The number of carboxylic acids is 1. The second kappa shape index (κ2) is 13.2. The zero-order chi connectivity index (χ0) is 27.7. The van der Waals surface area contributed by atoms with E-state index in [1.165, 1.54) is 0 Å². The molecule has 39 heavy (non-hydrogen) atoms. The van der Waals surface area contributed by atoms with E-state index in [1.807, 2.05) is 68.4 Å². The first-order valence-electron chi connectivity index (χ1n) is 13.5. The number of aromatic nitrogens is 1. The Hall–Kier alpha value is -4.03. The minimum atomic E-state index is -1.20. The molecule has 0 aliphatic heterocycles. The summed E-state index contributed by atoms with van der Waals surface area (Å²) in [5.74, 6) is 0.656. The van der Waals surface area contributed by atoms with Crippen LogP contribution < -0.4 is 9.47 Å². The lowest BCUT2D eigenvalue weighted by molar-refractivity contribution is -0.166. The van der Waals surface area contributed by atoms with Gasteiger partial charge in [0.1, 0.15) is 24.7 Å². The summed E-state index contributed by atoms with van der Waals surface area (Å²) in [5, 5.41) is 9.73. The molecule has 1 aromatic heterocycles. The smallest absolute Gasteiger partial charge is 0.336 e. The highest BCUT2D eigenvalue weighted by Gasteiger charge is 2.37. The first-order chi connectivity index (χ1) is 18.9. The van der Waals surface area contributed by atoms with Crippen LogP contribution in [0.25, 0.3) is 11.3 Å². The molecular formula is C33H37NO5. The van der Waals surface area contributed by atoms with Crippen LogP contribution in [0.3, 0.4) is 0 Å². The highest BCUT2D eigenvalue weighted by Crippen LogP contribution is 2.26. The molecule has 0 saturated heterocycles. The molecule has 0 spiro atoms. The summed E-state index contributed by atoms with van der Waals surface area (Å²) in [6, 6.07) is 30.2. The third kappa shape index (κ3) is 7.09. The van der Waals surface area contributed by atoms with Crippen molar-refractivity contribution in [3.8, 4) is 22.8 Å². The number of benzene rings is 3. The van der Waals surface area contributed by atoms with Crippen molar-refractivity contribution in [1.82, 2.24) is 4.57 Å². The number of aryl methyl sites for hydroxylation is 1.